The summed E-state index contributed by atoms with van der Waals surface area (Å²) in [5, 5.41) is 1.71. The number of hydrogen-bond donors (Lipinski definition) is 0. The van der Waals surface area contributed by atoms with Crippen molar-refractivity contribution in [2.45, 2.75) is 46.3 Å². The lowest BCUT2D eigenvalue weighted by Crippen LogP contribution is -2.39. The van der Waals surface area contributed by atoms with E-state index in [2.05, 4.69) is 0 Å². The number of rotatable bonds is 1. The van der Waals surface area contributed by atoms with Gasteiger partial charge in [-0.2, -0.15) is 0 Å². The van der Waals surface area contributed by atoms with Crippen molar-refractivity contribution in [2.75, 3.05) is 6.54 Å². The Kier molecular flexibility index (Phi) is 4.58. The van der Waals surface area contributed by atoms with Crippen LogP contribution in [0.3, 0.4) is 0 Å². The molecule has 2 aromatic rings. The first-order valence-corrected chi connectivity index (χ1v) is 9.16. The van der Waals surface area contributed by atoms with Crippen molar-refractivity contribution in [3.05, 3.63) is 39.4 Å². The molecule has 24 heavy (non-hydrogen) atoms. The summed E-state index contributed by atoms with van der Waals surface area (Å²) < 4.78 is 5.47. The van der Waals surface area contributed by atoms with Crippen molar-refractivity contribution < 1.29 is 9.53 Å². The van der Waals surface area contributed by atoms with Crippen LogP contribution in [0, 0.1) is 6.92 Å². The molecule has 128 valence electrons. The molecule has 0 saturated carbocycles. The van der Waals surface area contributed by atoms with E-state index in [-0.39, 0.29) is 6.09 Å². The van der Waals surface area contributed by atoms with E-state index in [1.807, 2.05) is 45.9 Å². The highest BCUT2D eigenvalue weighted by molar-refractivity contribution is 7.15. The third-order valence-corrected chi connectivity index (χ3v) is 5.41. The van der Waals surface area contributed by atoms with Crippen LogP contribution in [0.5, 0.6) is 0 Å². The zero-order valence-electron chi connectivity index (χ0n) is 14.4. The van der Waals surface area contributed by atoms with E-state index in [1.54, 1.807) is 16.2 Å². The lowest BCUT2D eigenvalue weighted by Gasteiger charge is -2.29. The summed E-state index contributed by atoms with van der Waals surface area (Å²) in [5.41, 5.74) is 2.70. The minimum atomic E-state index is -0.478. The van der Waals surface area contributed by atoms with Gasteiger partial charge in [-0.25, -0.2) is 9.78 Å². The Morgan fingerprint density at radius 3 is 2.83 bits per heavy atom. The highest BCUT2D eigenvalue weighted by Crippen LogP contribution is 2.35. The third-order valence-electron chi connectivity index (χ3n) is 3.88. The number of fused-ring (bicyclic) bond motifs is 1. The summed E-state index contributed by atoms with van der Waals surface area (Å²) in [4.78, 5) is 19.9. The molecule has 1 aromatic heterocycles. The smallest absolute Gasteiger partial charge is 0.410 e. The number of nitrogens with zero attached hydrogens (tertiary/aromatic N) is 2. The Labute approximate surface area is 151 Å². The number of thiazole rings is 1. The second kappa shape index (κ2) is 6.37. The van der Waals surface area contributed by atoms with Crippen LogP contribution in [0.15, 0.2) is 18.2 Å². The van der Waals surface area contributed by atoms with Crippen LogP contribution < -0.4 is 0 Å². The molecule has 1 aliphatic rings. The van der Waals surface area contributed by atoms with E-state index in [0.717, 1.165) is 38.1 Å². The van der Waals surface area contributed by atoms with Crippen molar-refractivity contribution >= 4 is 29.0 Å². The molecule has 0 spiro atoms. The fourth-order valence-corrected chi connectivity index (χ4v) is 4.01. The molecule has 0 unspecified atom stereocenters. The van der Waals surface area contributed by atoms with E-state index in [4.69, 9.17) is 21.3 Å². The molecule has 0 atom stereocenters. The molecule has 0 saturated heterocycles. The van der Waals surface area contributed by atoms with Crippen molar-refractivity contribution in [3.63, 3.8) is 0 Å². The molecule has 2 heterocycles. The number of benzene rings is 1. The SMILES string of the molecule is Cc1c(Cl)cccc1-c1nc2c(s1)CN(C(=O)OC(C)(C)C)CC2. The first-order chi connectivity index (χ1) is 11.2. The van der Waals surface area contributed by atoms with Crippen LogP contribution in [0.2, 0.25) is 5.02 Å². The Morgan fingerprint density at radius 2 is 2.12 bits per heavy atom. The summed E-state index contributed by atoms with van der Waals surface area (Å²) in [6, 6.07) is 5.87. The first kappa shape index (κ1) is 17.2. The lowest BCUT2D eigenvalue weighted by molar-refractivity contribution is 0.0225. The normalized spacial score (nSPS) is 14.5. The summed E-state index contributed by atoms with van der Waals surface area (Å²) in [5.74, 6) is 0. The van der Waals surface area contributed by atoms with Crippen LogP contribution in [0.25, 0.3) is 10.6 Å². The first-order valence-electron chi connectivity index (χ1n) is 7.96. The summed E-state index contributed by atoms with van der Waals surface area (Å²) in [7, 11) is 0. The average molecular weight is 365 g/mol. The molecule has 1 aliphatic heterocycles. The van der Waals surface area contributed by atoms with Gasteiger partial charge in [-0.3, -0.25) is 0 Å². The number of carbonyl (C=O) groups excluding carboxylic acids is 1. The minimum Gasteiger partial charge on any atom is -0.444 e. The Hall–Kier alpha value is -1.59. The predicted octanol–water partition coefficient (Wildman–Crippen LogP) is 5.07. The van der Waals surface area contributed by atoms with Crippen molar-refractivity contribution in [1.82, 2.24) is 9.88 Å². The van der Waals surface area contributed by atoms with Gasteiger partial charge in [0.25, 0.3) is 0 Å². The average Bonchev–Trinajstić information content (AvgIpc) is 2.91. The van der Waals surface area contributed by atoms with Gasteiger partial charge in [-0.15, -0.1) is 11.3 Å². The second-order valence-electron chi connectivity index (χ2n) is 6.95. The third kappa shape index (κ3) is 3.57. The molecule has 0 bridgehead atoms. The predicted molar refractivity (Wildman–Crippen MR) is 97.6 cm³/mol. The van der Waals surface area contributed by atoms with Gasteiger partial charge in [-0.05, 0) is 39.3 Å². The maximum absolute atomic E-state index is 12.3. The molecule has 0 radical (unpaired) electrons. The highest BCUT2D eigenvalue weighted by atomic mass is 35.5. The number of hydrogen-bond acceptors (Lipinski definition) is 4. The molecule has 3 rings (SSSR count). The minimum absolute atomic E-state index is 0.262. The summed E-state index contributed by atoms with van der Waals surface area (Å²) in [6.45, 7) is 8.85. The van der Waals surface area contributed by atoms with E-state index in [0.29, 0.717) is 13.1 Å². The Balaban J connectivity index is 1.83. The van der Waals surface area contributed by atoms with E-state index < -0.39 is 5.60 Å². The van der Waals surface area contributed by atoms with Gasteiger partial charge in [0.2, 0.25) is 0 Å². The van der Waals surface area contributed by atoms with Crippen molar-refractivity contribution in [2.24, 2.45) is 0 Å². The van der Waals surface area contributed by atoms with Gasteiger partial charge in [0, 0.05) is 28.4 Å². The maximum Gasteiger partial charge on any atom is 0.410 e. The van der Waals surface area contributed by atoms with Crippen LogP contribution in [0.1, 0.15) is 36.9 Å². The summed E-state index contributed by atoms with van der Waals surface area (Å²) >= 11 is 7.86. The van der Waals surface area contributed by atoms with Crippen molar-refractivity contribution in [1.29, 1.82) is 0 Å². The van der Waals surface area contributed by atoms with Gasteiger partial charge in [0.05, 0.1) is 12.2 Å². The largest absolute Gasteiger partial charge is 0.444 e. The molecule has 4 nitrogen and oxygen atoms in total. The Bertz CT molecular complexity index is 780. The van der Waals surface area contributed by atoms with Gasteiger partial charge in [0.1, 0.15) is 10.6 Å². The molecule has 1 aromatic carbocycles. The zero-order chi connectivity index (χ0) is 17.5. The molecule has 0 N–H and O–H groups in total. The molecule has 0 aliphatic carbocycles. The molecular formula is C18H21ClN2O2S. The highest BCUT2D eigenvalue weighted by Gasteiger charge is 2.28. The molecule has 1 amide bonds. The maximum atomic E-state index is 12.3. The second-order valence-corrected chi connectivity index (χ2v) is 8.44. The molecule has 6 heteroatoms. The van der Waals surface area contributed by atoms with Gasteiger partial charge < -0.3 is 9.64 Å². The number of aromatic nitrogens is 1. The number of ether oxygens (including phenoxy) is 1. The van der Waals surface area contributed by atoms with Crippen molar-refractivity contribution in [3.8, 4) is 10.6 Å². The summed E-state index contributed by atoms with van der Waals surface area (Å²) in [6.07, 6.45) is 0.493. The number of carbonyl (C=O) groups is 1. The number of halogens is 1. The fraction of sp³-hybridized carbons (Fsp3) is 0.444. The Morgan fingerprint density at radius 1 is 1.38 bits per heavy atom. The lowest BCUT2D eigenvalue weighted by atomic mass is 10.1. The standard InChI is InChI=1S/C18H21ClN2O2S/c1-11-12(6-5-7-13(11)19)16-20-14-8-9-21(10-15(14)24-16)17(22)23-18(2,3)4/h5-7H,8-10H2,1-4H3. The van der Waals surface area contributed by atoms with Crippen LogP contribution in [0.4, 0.5) is 4.79 Å². The van der Waals surface area contributed by atoms with Crippen LogP contribution in [-0.4, -0.2) is 28.1 Å². The van der Waals surface area contributed by atoms with E-state index in [1.165, 1.54) is 0 Å². The fourth-order valence-electron chi connectivity index (χ4n) is 2.63. The van der Waals surface area contributed by atoms with E-state index >= 15 is 0 Å². The monoisotopic (exact) mass is 364 g/mol. The number of amides is 1. The topological polar surface area (TPSA) is 42.4 Å². The van der Waals surface area contributed by atoms with Gasteiger partial charge >= 0.3 is 6.09 Å². The zero-order valence-corrected chi connectivity index (χ0v) is 15.9. The van der Waals surface area contributed by atoms with Crippen LogP contribution >= 0.6 is 22.9 Å². The molecular weight excluding hydrogens is 344 g/mol. The quantitative estimate of drug-likeness (QED) is 0.709. The molecule has 0 fully saturated rings. The van der Waals surface area contributed by atoms with Crippen LogP contribution in [-0.2, 0) is 17.7 Å². The van der Waals surface area contributed by atoms with Gasteiger partial charge in [0.15, 0.2) is 0 Å². The van der Waals surface area contributed by atoms with Gasteiger partial charge in [-0.1, -0.05) is 23.7 Å². The van der Waals surface area contributed by atoms with E-state index in [9.17, 15) is 4.79 Å².